The summed E-state index contributed by atoms with van der Waals surface area (Å²) in [5.41, 5.74) is 4.31. The Morgan fingerprint density at radius 1 is 1.30 bits per heavy atom. The number of nitrogens with one attached hydrogen (secondary N) is 2. The fraction of sp³-hybridized carbons (Fsp3) is 0.312. The standard InChI is InChI=1S/C16H17ClN2O/c1-10-4-2-5-12(17)16(10)19-14-7-3-6-13-11(14)8-9-15(20)18-13/h2,4-5,8-9,14,19H,3,6-7H2,1H3,(H,18,20). The largest absolute Gasteiger partial charge is 0.377 e. The van der Waals surface area contributed by atoms with Crippen LogP contribution >= 0.6 is 11.6 Å². The summed E-state index contributed by atoms with van der Waals surface area (Å²) in [6.45, 7) is 2.05. The number of fused-ring (bicyclic) bond motifs is 1. The van der Waals surface area contributed by atoms with E-state index in [2.05, 4.69) is 10.3 Å². The zero-order chi connectivity index (χ0) is 14.1. The number of aryl methyl sites for hydroxylation is 2. The normalized spacial score (nSPS) is 17.6. The summed E-state index contributed by atoms with van der Waals surface area (Å²) in [6, 6.07) is 9.62. The van der Waals surface area contributed by atoms with E-state index in [1.54, 1.807) is 6.07 Å². The predicted octanol–water partition coefficient (Wildman–Crippen LogP) is 3.83. The molecule has 1 unspecified atom stereocenters. The molecule has 0 aliphatic heterocycles. The minimum atomic E-state index is -0.0293. The van der Waals surface area contributed by atoms with Gasteiger partial charge in [-0.3, -0.25) is 4.79 Å². The van der Waals surface area contributed by atoms with Gasteiger partial charge in [-0.25, -0.2) is 0 Å². The van der Waals surface area contributed by atoms with Gasteiger partial charge in [-0.15, -0.1) is 0 Å². The Labute approximate surface area is 123 Å². The first-order valence-corrected chi connectivity index (χ1v) is 7.26. The quantitative estimate of drug-likeness (QED) is 0.882. The van der Waals surface area contributed by atoms with Gasteiger partial charge in [-0.1, -0.05) is 23.7 Å². The van der Waals surface area contributed by atoms with Crippen LogP contribution in [0.1, 0.15) is 35.7 Å². The van der Waals surface area contributed by atoms with Gasteiger partial charge in [0, 0.05) is 11.8 Å². The second kappa shape index (κ2) is 5.33. The summed E-state index contributed by atoms with van der Waals surface area (Å²) < 4.78 is 0. The van der Waals surface area contributed by atoms with Gasteiger partial charge in [-0.2, -0.15) is 0 Å². The average Bonchev–Trinajstić information content (AvgIpc) is 2.42. The number of hydrogen-bond acceptors (Lipinski definition) is 2. The molecule has 2 aromatic rings. The first-order chi connectivity index (χ1) is 9.65. The lowest BCUT2D eigenvalue weighted by atomic mass is 9.91. The van der Waals surface area contributed by atoms with E-state index >= 15 is 0 Å². The number of rotatable bonds is 2. The highest BCUT2D eigenvalue weighted by Crippen LogP contribution is 2.34. The fourth-order valence-corrected chi connectivity index (χ4v) is 3.12. The van der Waals surface area contributed by atoms with Crippen LogP contribution in [0.3, 0.4) is 0 Å². The number of halogens is 1. The second-order valence-electron chi connectivity index (χ2n) is 5.28. The van der Waals surface area contributed by atoms with Gasteiger partial charge in [0.2, 0.25) is 5.56 Å². The number of hydrogen-bond donors (Lipinski definition) is 2. The van der Waals surface area contributed by atoms with Gasteiger partial charge in [-0.05, 0) is 49.4 Å². The van der Waals surface area contributed by atoms with Crippen molar-refractivity contribution in [2.45, 2.75) is 32.2 Å². The third-order valence-electron chi connectivity index (χ3n) is 3.87. The first kappa shape index (κ1) is 13.3. The molecule has 0 spiro atoms. The van der Waals surface area contributed by atoms with Crippen molar-refractivity contribution < 1.29 is 0 Å². The minimum Gasteiger partial charge on any atom is -0.377 e. The summed E-state index contributed by atoms with van der Waals surface area (Å²) in [6.07, 6.45) is 3.04. The van der Waals surface area contributed by atoms with Gasteiger partial charge >= 0.3 is 0 Å². The molecule has 1 aromatic heterocycles. The van der Waals surface area contributed by atoms with E-state index in [4.69, 9.17) is 11.6 Å². The number of para-hydroxylation sites is 1. The van der Waals surface area contributed by atoms with Crippen LogP contribution in [0.15, 0.2) is 35.1 Å². The Morgan fingerprint density at radius 3 is 2.95 bits per heavy atom. The van der Waals surface area contributed by atoms with Crippen molar-refractivity contribution >= 4 is 17.3 Å². The van der Waals surface area contributed by atoms with Crippen LogP contribution in [0, 0.1) is 6.92 Å². The molecule has 1 aliphatic carbocycles. The summed E-state index contributed by atoms with van der Waals surface area (Å²) >= 11 is 6.28. The predicted molar refractivity (Wildman–Crippen MR) is 82.6 cm³/mol. The molecule has 0 bridgehead atoms. The number of pyridine rings is 1. The number of aromatic amines is 1. The molecule has 0 amide bonds. The van der Waals surface area contributed by atoms with Gasteiger partial charge in [0.1, 0.15) is 0 Å². The topological polar surface area (TPSA) is 44.9 Å². The molecule has 1 aromatic carbocycles. The van der Waals surface area contributed by atoms with Crippen LogP contribution in [-0.2, 0) is 6.42 Å². The lowest BCUT2D eigenvalue weighted by molar-refractivity contribution is 0.586. The summed E-state index contributed by atoms with van der Waals surface area (Å²) in [5.74, 6) is 0. The summed E-state index contributed by atoms with van der Waals surface area (Å²) in [4.78, 5) is 14.4. The third kappa shape index (κ3) is 2.46. The molecule has 20 heavy (non-hydrogen) atoms. The van der Waals surface area contributed by atoms with Gasteiger partial charge in [0.25, 0.3) is 0 Å². The number of H-pyrrole nitrogens is 1. The highest BCUT2D eigenvalue weighted by atomic mass is 35.5. The summed E-state index contributed by atoms with van der Waals surface area (Å²) in [7, 11) is 0. The van der Waals surface area contributed by atoms with Gasteiger partial charge < -0.3 is 10.3 Å². The van der Waals surface area contributed by atoms with Crippen molar-refractivity contribution in [1.29, 1.82) is 0 Å². The molecule has 3 rings (SSSR count). The summed E-state index contributed by atoms with van der Waals surface area (Å²) in [5, 5.41) is 4.28. The average molecular weight is 289 g/mol. The zero-order valence-electron chi connectivity index (χ0n) is 11.4. The molecule has 0 saturated heterocycles. The van der Waals surface area contributed by atoms with E-state index in [1.165, 1.54) is 5.56 Å². The molecule has 4 heteroatoms. The van der Waals surface area contributed by atoms with Gasteiger partial charge in [0.05, 0.1) is 16.8 Å². The van der Waals surface area contributed by atoms with E-state index in [9.17, 15) is 4.79 Å². The third-order valence-corrected chi connectivity index (χ3v) is 4.19. The van der Waals surface area contributed by atoms with E-state index in [1.807, 2.05) is 31.2 Å². The van der Waals surface area contributed by atoms with Crippen LogP contribution in [0.5, 0.6) is 0 Å². The lowest BCUT2D eigenvalue weighted by Gasteiger charge is -2.27. The molecule has 1 atom stereocenters. The maximum absolute atomic E-state index is 11.4. The monoisotopic (exact) mass is 288 g/mol. The van der Waals surface area contributed by atoms with E-state index < -0.39 is 0 Å². The van der Waals surface area contributed by atoms with Crippen LogP contribution in [0.2, 0.25) is 5.02 Å². The Balaban J connectivity index is 1.96. The fourth-order valence-electron chi connectivity index (χ4n) is 2.84. The van der Waals surface area contributed by atoms with E-state index in [0.29, 0.717) is 0 Å². The molecule has 3 nitrogen and oxygen atoms in total. The van der Waals surface area contributed by atoms with Crippen molar-refractivity contribution in [3.05, 3.63) is 62.5 Å². The second-order valence-corrected chi connectivity index (χ2v) is 5.68. The Bertz CT molecular complexity index is 673. The van der Waals surface area contributed by atoms with Crippen LogP contribution in [0.4, 0.5) is 5.69 Å². The highest BCUT2D eigenvalue weighted by molar-refractivity contribution is 6.33. The van der Waals surface area contributed by atoms with Crippen molar-refractivity contribution in [3.8, 4) is 0 Å². The maximum atomic E-state index is 11.4. The molecule has 0 radical (unpaired) electrons. The van der Waals surface area contributed by atoms with Crippen molar-refractivity contribution in [2.24, 2.45) is 0 Å². The molecule has 104 valence electrons. The minimum absolute atomic E-state index is 0.0293. The van der Waals surface area contributed by atoms with E-state index in [-0.39, 0.29) is 11.6 Å². The number of benzene rings is 1. The first-order valence-electron chi connectivity index (χ1n) is 6.89. The SMILES string of the molecule is Cc1cccc(Cl)c1NC1CCCc2[nH]c(=O)ccc21. The smallest absolute Gasteiger partial charge is 0.248 e. The Morgan fingerprint density at radius 2 is 2.15 bits per heavy atom. The van der Waals surface area contributed by atoms with Crippen molar-refractivity contribution in [3.63, 3.8) is 0 Å². The van der Waals surface area contributed by atoms with Crippen LogP contribution < -0.4 is 10.9 Å². The molecule has 0 saturated carbocycles. The highest BCUT2D eigenvalue weighted by Gasteiger charge is 2.21. The molecule has 1 aliphatic rings. The zero-order valence-corrected chi connectivity index (χ0v) is 12.1. The van der Waals surface area contributed by atoms with Crippen molar-refractivity contribution in [1.82, 2.24) is 4.98 Å². The Kier molecular flexibility index (Phi) is 3.53. The van der Waals surface area contributed by atoms with Crippen LogP contribution in [0.25, 0.3) is 0 Å². The molecule has 0 fully saturated rings. The number of aromatic nitrogens is 1. The molecular formula is C16H17ClN2O. The van der Waals surface area contributed by atoms with Gasteiger partial charge in [0.15, 0.2) is 0 Å². The molecular weight excluding hydrogens is 272 g/mol. The maximum Gasteiger partial charge on any atom is 0.248 e. The number of anilines is 1. The Hall–Kier alpha value is -1.74. The molecule has 2 N–H and O–H groups in total. The van der Waals surface area contributed by atoms with E-state index in [0.717, 1.165) is 41.2 Å². The molecule has 1 heterocycles. The van der Waals surface area contributed by atoms with Crippen LogP contribution in [-0.4, -0.2) is 4.98 Å². The van der Waals surface area contributed by atoms with Crippen molar-refractivity contribution in [2.75, 3.05) is 5.32 Å². The lowest BCUT2D eigenvalue weighted by Crippen LogP contribution is -2.22.